The van der Waals surface area contributed by atoms with Gasteiger partial charge in [0.25, 0.3) is 0 Å². The minimum absolute atomic E-state index is 0.0435. The molecule has 1 aromatic rings. The van der Waals surface area contributed by atoms with Gasteiger partial charge in [0.2, 0.25) is 0 Å². The molecule has 0 radical (unpaired) electrons. The van der Waals surface area contributed by atoms with Crippen LogP contribution in [0.3, 0.4) is 0 Å². The van der Waals surface area contributed by atoms with E-state index in [9.17, 15) is 23.2 Å². The van der Waals surface area contributed by atoms with E-state index in [1.165, 1.54) is 12.0 Å². The Kier molecular flexibility index (Phi) is 7.27. The Morgan fingerprint density at radius 2 is 2.00 bits per heavy atom. The molecule has 2 rings (SSSR count). The molecule has 0 unspecified atom stereocenters. The molecule has 1 saturated heterocycles. The number of piperidine rings is 1. The first-order valence-corrected chi connectivity index (χ1v) is 8.82. The lowest BCUT2D eigenvalue weighted by atomic mass is 9.84. The number of ether oxygens (including phenoxy) is 2. The minimum atomic E-state index is -0.592. The molecule has 2 atom stereocenters. The highest BCUT2D eigenvalue weighted by Crippen LogP contribution is 2.28. The molecule has 6 nitrogen and oxygen atoms in total. The molecule has 0 aromatic heterocycles. The van der Waals surface area contributed by atoms with Gasteiger partial charge >= 0.3 is 12.1 Å². The van der Waals surface area contributed by atoms with Gasteiger partial charge in [-0.15, -0.1) is 0 Å². The number of amides is 1. The van der Waals surface area contributed by atoms with E-state index >= 15 is 0 Å². The Morgan fingerprint density at radius 1 is 1.26 bits per heavy atom. The van der Waals surface area contributed by atoms with Crippen molar-refractivity contribution in [3.8, 4) is 0 Å². The SMILES string of the molecule is CCOC(=O)CC(=O)[C@@H]1CCN(C(=O)OC)[C@@H](Cc2cc(F)ccc2F)C1. The number of nitrogens with zero attached hydrogens (tertiary/aromatic N) is 1. The zero-order valence-electron chi connectivity index (χ0n) is 15.4. The number of hydrogen-bond acceptors (Lipinski definition) is 5. The molecule has 0 spiro atoms. The fraction of sp³-hybridized carbons (Fsp3) is 0.526. The quantitative estimate of drug-likeness (QED) is 0.558. The van der Waals surface area contributed by atoms with Gasteiger partial charge in [0.05, 0.1) is 13.7 Å². The molecule has 0 aliphatic carbocycles. The summed E-state index contributed by atoms with van der Waals surface area (Å²) >= 11 is 0. The molecule has 1 heterocycles. The second kappa shape index (κ2) is 9.43. The number of methoxy groups -OCH3 is 1. The van der Waals surface area contributed by atoms with Crippen LogP contribution in [0.5, 0.6) is 0 Å². The lowest BCUT2D eigenvalue weighted by molar-refractivity contribution is -0.146. The standard InChI is InChI=1S/C19H23F2NO5/c1-3-27-18(24)11-17(23)12-6-7-22(19(25)26-2)15(9-12)10-13-8-14(20)4-5-16(13)21/h4-5,8,12,15H,3,6-7,9-11H2,1-2H3/t12-,15-/m1/s1. The van der Waals surface area contributed by atoms with Crippen LogP contribution in [0.2, 0.25) is 0 Å². The van der Waals surface area contributed by atoms with Gasteiger partial charge in [0.15, 0.2) is 0 Å². The van der Waals surface area contributed by atoms with Crippen LogP contribution in [-0.4, -0.2) is 49.0 Å². The maximum absolute atomic E-state index is 14.0. The largest absolute Gasteiger partial charge is 0.466 e. The first kappa shape index (κ1) is 20.8. The number of Topliss-reactive ketones (excluding diaryl/α,β-unsaturated/α-hetero) is 1. The van der Waals surface area contributed by atoms with Crippen molar-refractivity contribution in [2.45, 2.75) is 38.6 Å². The lowest BCUT2D eigenvalue weighted by Crippen LogP contribution is -2.48. The Bertz CT molecular complexity index is 709. The molecule has 1 aliphatic rings. The number of likely N-dealkylation sites (tertiary alicyclic amines) is 1. The average molecular weight is 383 g/mol. The lowest BCUT2D eigenvalue weighted by Gasteiger charge is -2.38. The van der Waals surface area contributed by atoms with E-state index in [4.69, 9.17) is 9.47 Å². The number of rotatable bonds is 6. The zero-order valence-corrected chi connectivity index (χ0v) is 15.4. The Morgan fingerprint density at radius 3 is 2.67 bits per heavy atom. The average Bonchev–Trinajstić information content (AvgIpc) is 2.64. The van der Waals surface area contributed by atoms with Crippen molar-refractivity contribution in [3.63, 3.8) is 0 Å². The third kappa shape index (κ3) is 5.48. The van der Waals surface area contributed by atoms with Gasteiger partial charge in [0, 0.05) is 18.5 Å². The van der Waals surface area contributed by atoms with E-state index in [2.05, 4.69) is 0 Å². The Hall–Kier alpha value is -2.51. The van der Waals surface area contributed by atoms with Gasteiger partial charge in [-0.2, -0.15) is 0 Å². The van der Waals surface area contributed by atoms with Crippen molar-refractivity contribution in [2.75, 3.05) is 20.3 Å². The van der Waals surface area contributed by atoms with Gasteiger partial charge < -0.3 is 14.4 Å². The third-order valence-electron chi connectivity index (χ3n) is 4.67. The van der Waals surface area contributed by atoms with Crippen molar-refractivity contribution in [1.29, 1.82) is 0 Å². The second-order valence-corrected chi connectivity index (χ2v) is 6.43. The summed E-state index contributed by atoms with van der Waals surface area (Å²) in [5.74, 6) is -2.49. The molecule has 1 fully saturated rings. The molecule has 0 saturated carbocycles. The number of carbonyl (C=O) groups is 3. The van der Waals surface area contributed by atoms with E-state index in [-0.39, 0.29) is 43.8 Å². The number of benzene rings is 1. The molecule has 148 valence electrons. The maximum atomic E-state index is 14.0. The van der Waals surface area contributed by atoms with Crippen molar-refractivity contribution < 1.29 is 32.6 Å². The molecule has 27 heavy (non-hydrogen) atoms. The van der Waals surface area contributed by atoms with Gasteiger partial charge in [-0.3, -0.25) is 9.59 Å². The number of carbonyl (C=O) groups excluding carboxylic acids is 3. The smallest absolute Gasteiger partial charge is 0.409 e. The fourth-order valence-electron chi connectivity index (χ4n) is 3.35. The van der Waals surface area contributed by atoms with Gasteiger partial charge in [-0.25, -0.2) is 13.6 Å². The molecule has 1 aliphatic heterocycles. The highest BCUT2D eigenvalue weighted by atomic mass is 19.1. The van der Waals surface area contributed by atoms with E-state index in [1.807, 2.05) is 0 Å². The predicted molar refractivity (Wildman–Crippen MR) is 91.9 cm³/mol. The minimum Gasteiger partial charge on any atom is -0.466 e. The second-order valence-electron chi connectivity index (χ2n) is 6.43. The number of esters is 1. The monoisotopic (exact) mass is 383 g/mol. The Labute approximate surface area is 156 Å². The summed E-state index contributed by atoms with van der Waals surface area (Å²) in [7, 11) is 1.24. The van der Waals surface area contributed by atoms with Crippen molar-refractivity contribution >= 4 is 17.8 Å². The van der Waals surface area contributed by atoms with Gasteiger partial charge in [0.1, 0.15) is 23.8 Å². The van der Waals surface area contributed by atoms with Crippen molar-refractivity contribution in [2.24, 2.45) is 5.92 Å². The maximum Gasteiger partial charge on any atom is 0.409 e. The van der Waals surface area contributed by atoms with Crippen molar-refractivity contribution in [3.05, 3.63) is 35.4 Å². The van der Waals surface area contributed by atoms with Gasteiger partial charge in [-0.05, 0) is 49.9 Å². The van der Waals surface area contributed by atoms with Crippen LogP contribution in [0.15, 0.2) is 18.2 Å². The van der Waals surface area contributed by atoms with E-state index < -0.39 is 35.7 Å². The molecule has 0 N–H and O–H groups in total. The molecule has 1 aromatic carbocycles. The van der Waals surface area contributed by atoms with Crippen LogP contribution < -0.4 is 0 Å². The van der Waals surface area contributed by atoms with Gasteiger partial charge in [-0.1, -0.05) is 0 Å². The van der Waals surface area contributed by atoms with E-state index in [1.54, 1.807) is 6.92 Å². The number of hydrogen-bond donors (Lipinski definition) is 0. The summed E-state index contributed by atoms with van der Waals surface area (Å²) in [6, 6.07) is 2.58. The van der Waals surface area contributed by atoms with E-state index in [0.717, 1.165) is 18.2 Å². The third-order valence-corrected chi connectivity index (χ3v) is 4.67. The zero-order chi connectivity index (χ0) is 20.0. The van der Waals surface area contributed by atoms with Crippen LogP contribution in [0.25, 0.3) is 0 Å². The number of halogens is 2. The summed E-state index contributed by atoms with van der Waals surface area (Å²) in [5, 5.41) is 0. The van der Waals surface area contributed by atoms with Crippen LogP contribution in [0.4, 0.5) is 13.6 Å². The topological polar surface area (TPSA) is 72.9 Å². The molecule has 8 heteroatoms. The summed E-state index contributed by atoms with van der Waals surface area (Å²) in [5.41, 5.74) is 0.118. The fourth-order valence-corrected chi connectivity index (χ4v) is 3.35. The predicted octanol–water partition coefficient (Wildman–Crippen LogP) is 2.88. The summed E-state index contributed by atoms with van der Waals surface area (Å²) < 4.78 is 37.0. The summed E-state index contributed by atoms with van der Waals surface area (Å²) in [4.78, 5) is 37.4. The first-order chi connectivity index (χ1) is 12.8. The van der Waals surface area contributed by atoms with Crippen LogP contribution in [-0.2, 0) is 25.5 Å². The highest BCUT2D eigenvalue weighted by molar-refractivity contribution is 5.96. The Balaban J connectivity index is 2.15. The van der Waals surface area contributed by atoms with Crippen molar-refractivity contribution in [1.82, 2.24) is 4.90 Å². The van der Waals surface area contributed by atoms with Crippen LogP contribution in [0, 0.1) is 17.6 Å². The number of ketones is 1. The molecular formula is C19H23F2NO5. The molecule has 0 bridgehead atoms. The normalized spacial score (nSPS) is 19.5. The highest BCUT2D eigenvalue weighted by Gasteiger charge is 2.36. The first-order valence-electron chi connectivity index (χ1n) is 8.82. The molecular weight excluding hydrogens is 360 g/mol. The van der Waals surface area contributed by atoms with E-state index in [0.29, 0.717) is 6.42 Å². The molecule has 1 amide bonds. The van der Waals surface area contributed by atoms with Crippen LogP contribution >= 0.6 is 0 Å². The summed E-state index contributed by atoms with van der Waals surface area (Å²) in [6.07, 6.45) is -0.272. The van der Waals surface area contributed by atoms with Crippen LogP contribution in [0.1, 0.15) is 31.7 Å². The summed E-state index contributed by atoms with van der Waals surface area (Å²) in [6.45, 7) is 2.07.